The van der Waals surface area contributed by atoms with Gasteiger partial charge in [-0.2, -0.15) is 5.10 Å². The van der Waals surface area contributed by atoms with E-state index in [0.717, 1.165) is 5.56 Å². The molecule has 0 fully saturated rings. The predicted molar refractivity (Wildman–Crippen MR) is 121 cm³/mol. The van der Waals surface area contributed by atoms with E-state index in [2.05, 4.69) is 15.4 Å². The second-order valence-corrected chi connectivity index (χ2v) is 7.37. The van der Waals surface area contributed by atoms with Crippen molar-refractivity contribution >= 4 is 23.2 Å². The molecule has 4 rings (SSSR count). The minimum absolute atomic E-state index is 0.218. The Morgan fingerprint density at radius 3 is 2.78 bits per heavy atom. The van der Waals surface area contributed by atoms with Gasteiger partial charge in [-0.1, -0.05) is 35.9 Å². The van der Waals surface area contributed by atoms with Crippen molar-refractivity contribution < 1.29 is 9.53 Å². The Labute approximate surface area is 189 Å². The van der Waals surface area contributed by atoms with Gasteiger partial charge in [-0.15, -0.1) is 0 Å². The highest BCUT2D eigenvalue weighted by molar-refractivity contribution is 6.31. The second kappa shape index (κ2) is 9.93. The third-order valence-electron chi connectivity index (χ3n) is 4.69. The quantitative estimate of drug-likeness (QED) is 0.444. The van der Waals surface area contributed by atoms with Crippen LogP contribution in [0, 0.1) is 0 Å². The molecule has 1 amide bonds. The van der Waals surface area contributed by atoms with E-state index < -0.39 is 0 Å². The average molecular weight is 450 g/mol. The molecule has 0 saturated heterocycles. The molecule has 1 N–H and O–H groups in total. The van der Waals surface area contributed by atoms with Gasteiger partial charge in [0.15, 0.2) is 0 Å². The first kappa shape index (κ1) is 21.3. The number of nitrogens with zero attached hydrogens (tertiary/aromatic N) is 4. The Bertz CT molecular complexity index is 1270. The first-order valence-corrected chi connectivity index (χ1v) is 10.3. The second-order valence-electron chi connectivity index (χ2n) is 6.96. The van der Waals surface area contributed by atoms with Crippen molar-refractivity contribution in [1.82, 2.24) is 19.3 Å². The Hall–Kier alpha value is -3.91. The van der Waals surface area contributed by atoms with E-state index in [1.165, 1.54) is 29.2 Å². The average Bonchev–Trinajstić information content (AvgIpc) is 3.30. The van der Waals surface area contributed by atoms with Gasteiger partial charge in [0.25, 0.3) is 11.5 Å². The molecule has 162 valence electrons. The lowest BCUT2D eigenvalue weighted by molar-refractivity contribution is 0.102. The third kappa shape index (κ3) is 5.41. The molecule has 0 spiro atoms. The molecule has 0 bridgehead atoms. The van der Waals surface area contributed by atoms with Crippen LogP contribution in [0.15, 0.2) is 84.3 Å². The number of benzene rings is 2. The molecule has 0 aliphatic heterocycles. The molecule has 0 radical (unpaired) electrons. The van der Waals surface area contributed by atoms with Crippen LogP contribution in [0.5, 0.6) is 5.75 Å². The molecule has 0 atom stereocenters. The van der Waals surface area contributed by atoms with Gasteiger partial charge in [0.1, 0.15) is 25.0 Å². The molecule has 2 aromatic carbocycles. The first-order valence-electron chi connectivity index (χ1n) is 9.89. The van der Waals surface area contributed by atoms with Crippen LogP contribution in [0.2, 0.25) is 5.02 Å². The Balaban J connectivity index is 1.42. The largest absolute Gasteiger partial charge is 0.492 e. The monoisotopic (exact) mass is 449 g/mol. The van der Waals surface area contributed by atoms with Gasteiger partial charge in [0.05, 0.1) is 18.7 Å². The molecule has 2 heterocycles. The molecule has 2 aromatic heterocycles. The van der Waals surface area contributed by atoms with Crippen LogP contribution >= 0.6 is 11.6 Å². The summed E-state index contributed by atoms with van der Waals surface area (Å²) < 4.78 is 8.85. The molecular formula is C23H20ClN5O3. The zero-order valence-corrected chi connectivity index (χ0v) is 17.8. The summed E-state index contributed by atoms with van der Waals surface area (Å²) >= 11 is 6.20. The number of amides is 1. The number of ether oxygens (including phenoxy) is 1. The van der Waals surface area contributed by atoms with Crippen LogP contribution in [0.4, 0.5) is 5.69 Å². The topological polar surface area (TPSA) is 91.0 Å². The van der Waals surface area contributed by atoms with Gasteiger partial charge in [-0.25, -0.2) is 9.67 Å². The number of halogens is 1. The number of hydrogen-bond acceptors (Lipinski definition) is 5. The predicted octanol–water partition coefficient (Wildman–Crippen LogP) is 3.47. The molecule has 0 aliphatic rings. The SMILES string of the molecule is O=C(Nc1cccc(OCCn2cncn2)c1)c1ccc(=O)n(Cc2ccccc2Cl)c1. The standard InChI is InChI=1S/C23H20ClN5O3/c24-21-7-2-1-4-17(21)13-28-14-18(8-9-22(28)30)23(31)27-19-5-3-6-20(12-19)32-11-10-29-16-25-15-26-29/h1-9,12,14-16H,10-11,13H2,(H,27,31). The van der Waals surface area contributed by atoms with Crippen LogP contribution in [-0.4, -0.2) is 31.8 Å². The summed E-state index contributed by atoms with van der Waals surface area (Å²) in [7, 11) is 0. The van der Waals surface area contributed by atoms with Crippen LogP contribution < -0.4 is 15.6 Å². The van der Waals surface area contributed by atoms with Gasteiger partial charge >= 0.3 is 0 Å². The number of hydrogen-bond donors (Lipinski definition) is 1. The van der Waals surface area contributed by atoms with Crippen molar-refractivity contribution in [3.8, 4) is 5.75 Å². The maximum absolute atomic E-state index is 12.8. The van der Waals surface area contributed by atoms with Gasteiger partial charge < -0.3 is 14.6 Å². The minimum Gasteiger partial charge on any atom is -0.492 e. The smallest absolute Gasteiger partial charge is 0.257 e. The highest BCUT2D eigenvalue weighted by Gasteiger charge is 2.10. The fourth-order valence-corrected chi connectivity index (χ4v) is 3.27. The van der Waals surface area contributed by atoms with Crippen molar-refractivity contribution in [2.75, 3.05) is 11.9 Å². The molecule has 4 aromatic rings. The lowest BCUT2D eigenvalue weighted by atomic mass is 10.2. The molecule has 0 saturated carbocycles. The summed E-state index contributed by atoms with van der Waals surface area (Å²) in [6.45, 7) is 1.24. The van der Waals surface area contributed by atoms with Gasteiger partial charge in [-0.3, -0.25) is 9.59 Å². The van der Waals surface area contributed by atoms with Crippen LogP contribution in [0.3, 0.4) is 0 Å². The van der Waals surface area contributed by atoms with Crippen molar-refractivity contribution in [1.29, 1.82) is 0 Å². The van der Waals surface area contributed by atoms with E-state index in [4.69, 9.17) is 16.3 Å². The van der Waals surface area contributed by atoms with Gasteiger partial charge in [-0.05, 0) is 29.8 Å². The highest BCUT2D eigenvalue weighted by atomic mass is 35.5. The minimum atomic E-state index is -0.335. The molecule has 0 aliphatic carbocycles. The molecular weight excluding hydrogens is 430 g/mol. The Kier molecular flexibility index (Phi) is 6.62. The summed E-state index contributed by atoms with van der Waals surface area (Å²) in [5.41, 5.74) is 1.51. The zero-order valence-electron chi connectivity index (χ0n) is 17.0. The van der Waals surface area contributed by atoms with Crippen molar-refractivity contribution in [3.05, 3.63) is 106 Å². The fourth-order valence-electron chi connectivity index (χ4n) is 3.07. The highest BCUT2D eigenvalue weighted by Crippen LogP contribution is 2.19. The van der Waals surface area contributed by atoms with E-state index in [1.807, 2.05) is 18.2 Å². The van der Waals surface area contributed by atoms with E-state index in [1.54, 1.807) is 41.3 Å². The summed E-state index contributed by atoms with van der Waals surface area (Å²) in [6.07, 6.45) is 4.61. The van der Waals surface area contributed by atoms with Gasteiger partial charge in [0, 0.05) is 29.0 Å². The number of pyridine rings is 1. The van der Waals surface area contributed by atoms with Gasteiger partial charge in [0.2, 0.25) is 0 Å². The van der Waals surface area contributed by atoms with Crippen molar-refractivity contribution in [3.63, 3.8) is 0 Å². The van der Waals surface area contributed by atoms with E-state index in [0.29, 0.717) is 35.2 Å². The number of anilines is 1. The number of aromatic nitrogens is 4. The van der Waals surface area contributed by atoms with Crippen LogP contribution in [-0.2, 0) is 13.1 Å². The summed E-state index contributed by atoms with van der Waals surface area (Å²) in [5, 5.41) is 7.42. The summed E-state index contributed by atoms with van der Waals surface area (Å²) in [6, 6.07) is 17.2. The number of rotatable bonds is 8. The maximum Gasteiger partial charge on any atom is 0.257 e. The molecule has 8 nitrogen and oxygen atoms in total. The number of carbonyl (C=O) groups is 1. The number of carbonyl (C=O) groups excluding carboxylic acids is 1. The van der Waals surface area contributed by atoms with Crippen molar-refractivity contribution in [2.24, 2.45) is 0 Å². The lowest BCUT2D eigenvalue weighted by Crippen LogP contribution is -2.22. The third-order valence-corrected chi connectivity index (χ3v) is 5.06. The Morgan fingerprint density at radius 1 is 1.09 bits per heavy atom. The molecule has 32 heavy (non-hydrogen) atoms. The maximum atomic E-state index is 12.8. The Morgan fingerprint density at radius 2 is 1.97 bits per heavy atom. The normalized spacial score (nSPS) is 10.7. The van der Waals surface area contributed by atoms with E-state index >= 15 is 0 Å². The molecule has 0 unspecified atom stereocenters. The molecule has 9 heteroatoms. The zero-order chi connectivity index (χ0) is 22.3. The van der Waals surface area contributed by atoms with E-state index in [-0.39, 0.29) is 18.0 Å². The van der Waals surface area contributed by atoms with E-state index in [9.17, 15) is 9.59 Å². The van der Waals surface area contributed by atoms with Crippen LogP contribution in [0.1, 0.15) is 15.9 Å². The van der Waals surface area contributed by atoms with Crippen molar-refractivity contribution in [2.45, 2.75) is 13.1 Å². The van der Waals surface area contributed by atoms with Crippen LogP contribution in [0.25, 0.3) is 0 Å². The fraction of sp³-hybridized carbons (Fsp3) is 0.130. The number of nitrogens with one attached hydrogen (secondary N) is 1. The summed E-state index contributed by atoms with van der Waals surface area (Å²) in [5.74, 6) is 0.282. The first-order chi connectivity index (χ1) is 15.6. The summed E-state index contributed by atoms with van der Waals surface area (Å²) in [4.78, 5) is 28.9. The lowest BCUT2D eigenvalue weighted by Gasteiger charge is -2.11.